The number of hydrogen-bond acceptors (Lipinski definition) is 5. The summed E-state index contributed by atoms with van der Waals surface area (Å²) in [6.45, 7) is 0. The molecule has 0 radical (unpaired) electrons. The molecule has 1 aromatic rings. The van der Waals surface area contributed by atoms with Crippen LogP contribution >= 0.6 is 0 Å². The summed E-state index contributed by atoms with van der Waals surface area (Å²) in [7, 11) is 1.09. The lowest BCUT2D eigenvalue weighted by Gasteiger charge is -2.10. The number of ether oxygens (including phenoxy) is 1. The van der Waals surface area contributed by atoms with Crippen LogP contribution in [-0.4, -0.2) is 23.2 Å². The van der Waals surface area contributed by atoms with Crippen LogP contribution < -0.4 is 0 Å². The molecule has 0 spiro atoms. The van der Waals surface area contributed by atoms with Crippen LogP contribution in [0.25, 0.3) is 0 Å². The van der Waals surface area contributed by atoms with Gasteiger partial charge in [0.05, 0.1) is 25.3 Å². The quantitative estimate of drug-likeness (QED) is 0.808. The van der Waals surface area contributed by atoms with Crippen LogP contribution in [0.15, 0.2) is 6.20 Å². The molecule has 0 amide bonds. The number of aromatic nitrogens is 1. The van der Waals surface area contributed by atoms with Crippen molar-refractivity contribution in [1.29, 1.82) is 5.26 Å². The number of methoxy groups -OCH3 is 1. The van der Waals surface area contributed by atoms with E-state index in [1.54, 1.807) is 0 Å². The first-order chi connectivity index (χ1) is 8.01. The van der Waals surface area contributed by atoms with Crippen molar-refractivity contribution in [2.45, 2.75) is 12.8 Å². The average Bonchev–Trinajstić information content (AvgIpc) is 2.30. The first kappa shape index (κ1) is 12.8. The molecule has 5 nitrogen and oxygen atoms in total. The van der Waals surface area contributed by atoms with Crippen molar-refractivity contribution < 1.29 is 23.4 Å². The van der Waals surface area contributed by atoms with Gasteiger partial charge in [0.2, 0.25) is 0 Å². The van der Waals surface area contributed by atoms with Gasteiger partial charge < -0.3 is 9.84 Å². The summed E-state index contributed by atoms with van der Waals surface area (Å²) in [5.74, 6) is -1.36. The molecule has 0 aliphatic rings. The highest BCUT2D eigenvalue weighted by Gasteiger charge is 2.24. The molecule has 1 aromatic heterocycles. The van der Waals surface area contributed by atoms with Crippen molar-refractivity contribution in [2.75, 3.05) is 7.11 Å². The number of alkyl halides is 2. The number of aromatic hydroxyl groups is 1. The zero-order valence-electron chi connectivity index (χ0n) is 8.78. The Morgan fingerprint density at radius 1 is 1.71 bits per heavy atom. The van der Waals surface area contributed by atoms with E-state index in [0.29, 0.717) is 0 Å². The van der Waals surface area contributed by atoms with Gasteiger partial charge >= 0.3 is 5.97 Å². The van der Waals surface area contributed by atoms with Gasteiger partial charge in [0, 0.05) is 5.56 Å². The summed E-state index contributed by atoms with van der Waals surface area (Å²) in [5.41, 5.74) is -1.59. The minimum Gasteiger partial charge on any atom is -0.506 e. The minimum atomic E-state index is -3.01. The van der Waals surface area contributed by atoms with Crippen LogP contribution in [-0.2, 0) is 16.0 Å². The van der Waals surface area contributed by atoms with E-state index < -0.39 is 35.8 Å². The van der Waals surface area contributed by atoms with Gasteiger partial charge in [-0.25, -0.2) is 13.8 Å². The Bertz CT molecular complexity index is 483. The van der Waals surface area contributed by atoms with Crippen molar-refractivity contribution in [3.8, 4) is 11.8 Å². The average molecular weight is 242 g/mol. The lowest BCUT2D eigenvalue weighted by molar-refractivity contribution is -0.139. The van der Waals surface area contributed by atoms with Crippen molar-refractivity contribution in [2.24, 2.45) is 0 Å². The molecule has 0 saturated carbocycles. The van der Waals surface area contributed by atoms with Crippen LogP contribution in [0.5, 0.6) is 5.75 Å². The number of nitriles is 1. The van der Waals surface area contributed by atoms with Gasteiger partial charge in [-0.05, 0) is 0 Å². The van der Waals surface area contributed by atoms with E-state index in [2.05, 4.69) is 9.72 Å². The topological polar surface area (TPSA) is 83.2 Å². The number of halogens is 2. The van der Waals surface area contributed by atoms with E-state index in [4.69, 9.17) is 5.26 Å². The maximum atomic E-state index is 12.8. The third kappa shape index (κ3) is 2.66. The number of esters is 1. The van der Waals surface area contributed by atoms with Crippen molar-refractivity contribution in [3.05, 3.63) is 23.0 Å². The second-order valence-corrected chi connectivity index (χ2v) is 3.05. The standard InChI is InChI=1S/C10H8F2N2O3/c1-17-8(16)2-5-7(15)4-14-6(3-13)9(5)10(11)12/h4,10,15H,2H2,1H3. The highest BCUT2D eigenvalue weighted by atomic mass is 19.3. The normalized spacial score (nSPS) is 10.1. The van der Waals surface area contributed by atoms with Gasteiger partial charge in [-0.1, -0.05) is 0 Å². The van der Waals surface area contributed by atoms with E-state index in [1.807, 2.05) is 0 Å². The number of carbonyl (C=O) groups is 1. The number of nitrogens with zero attached hydrogens (tertiary/aromatic N) is 2. The Morgan fingerprint density at radius 2 is 2.35 bits per heavy atom. The molecule has 0 aromatic carbocycles. The van der Waals surface area contributed by atoms with Gasteiger partial charge in [0.25, 0.3) is 6.43 Å². The molecule has 1 heterocycles. The van der Waals surface area contributed by atoms with E-state index in [0.717, 1.165) is 13.3 Å². The van der Waals surface area contributed by atoms with Gasteiger partial charge in [-0.3, -0.25) is 4.79 Å². The molecule has 0 atom stereocenters. The first-order valence-electron chi connectivity index (χ1n) is 4.47. The van der Waals surface area contributed by atoms with Crippen molar-refractivity contribution in [3.63, 3.8) is 0 Å². The highest BCUT2D eigenvalue weighted by Crippen LogP contribution is 2.31. The monoisotopic (exact) mass is 242 g/mol. The van der Waals surface area contributed by atoms with Crippen LogP contribution in [0, 0.1) is 11.3 Å². The molecule has 0 aliphatic carbocycles. The maximum absolute atomic E-state index is 12.8. The fraction of sp³-hybridized carbons (Fsp3) is 0.300. The van der Waals surface area contributed by atoms with Crippen LogP contribution in [0.4, 0.5) is 8.78 Å². The Kier molecular flexibility index (Phi) is 3.93. The summed E-state index contributed by atoms with van der Waals surface area (Å²) in [6.07, 6.45) is -2.70. The summed E-state index contributed by atoms with van der Waals surface area (Å²) in [4.78, 5) is 14.4. The Morgan fingerprint density at radius 3 is 2.82 bits per heavy atom. The van der Waals surface area contributed by atoms with E-state index >= 15 is 0 Å². The lowest BCUT2D eigenvalue weighted by Crippen LogP contribution is -2.09. The third-order valence-electron chi connectivity index (χ3n) is 2.08. The smallest absolute Gasteiger partial charge is 0.310 e. The molecule has 0 saturated heterocycles. The van der Waals surface area contributed by atoms with Crippen LogP contribution in [0.2, 0.25) is 0 Å². The van der Waals surface area contributed by atoms with E-state index in [1.165, 1.54) is 6.07 Å². The fourth-order valence-electron chi connectivity index (χ4n) is 1.28. The molecule has 7 heteroatoms. The predicted octanol–water partition coefficient (Wildman–Crippen LogP) is 1.31. The molecular formula is C10H8F2N2O3. The summed E-state index contributed by atoms with van der Waals surface area (Å²) in [5, 5.41) is 18.0. The number of rotatable bonds is 3. The van der Waals surface area contributed by atoms with E-state index in [-0.39, 0.29) is 5.56 Å². The Labute approximate surface area is 95.3 Å². The van der Waals surface area contributed by atoms with Gasteiger partial charge in [-0.15, -0.1) is 0 Å². The zero-order valence-corrected chi connectivity index (χ0v) is 8.78. The van der Waals surface area contributed by atoms with Crippen molar-refractivity contribution >= 4 is 5.97 Å². The maximum Gasteiger partial charge on any atom is 0.310 e. The summed E-state index contributed by atoms with van der Waals surface area (Å²) >= 11 is 0. The molecular weight excluding hydrogens is 234 g/mol. The molecule has 0 bridgehead atoms. The number of carbonyl (C=O) groups excluding carboxylic acids is 1. The SMILES string of the molecule is COC(=O)Cc1c(O)cnc(C#N)c1C(F)F. The highest BCUT2D eigenvalue weighted by molar-refractivity contribution is 5.74. The molecule has 0 fully saturated rings. The van der Waals surface area contributed by atoms with E-state index in [9.17, 15) is 18.7 Å². The van der Waals surface area contributed by atoms with Gasteiger partial charge in [0.15, 0.2) is 0 Å². The second kappa shape index (κ2) is 5.21. The summed E-state index contributed by atoms with van der Waals surface area (Å²) < 4.78 is 29.8. The molecule has 0 unspecified atom stereocenters. The number of hydrogen-bond donors (Lipinski definition) is 1. The van der Waals surface area contributed by atoms with Crippen molar-refractivity contribution in [1.82, 2.24) is 4.98 Å². The summed E-state index contributed by atoms with van der Waals surface area (Å²) in [6, 6.07) is 1.48. The first-order valence-corrected chi connectivity index (χ1v) is 4.47. The lowest BCUT2D eigenvalue weighted by atomic mass is 10.0. The molecule has 1 N–H and O–H groups in total. The Hall–Kier alpha value is -2.23. The predicted molar refractivity (Wildman–Crippen MR) is 51.3 cm³/mol. The van der Waals surface area contributed by atoms with Crippen LogP contribution in [0.1, 0.15) is 23.2 Å². The zero-order chi connectivity index (χ0) is 13.0. The molecule has 0 aliphatic heterocycles. The molecule has 90 valence electrons. The number of pyridine rings is 1. The third-order valence-corrected chi connectivity index (χ3v) is 2.08. The fourth-order valence-corrected chi connectivity index (χ4v) is 1.28. The largest absolute Gasteiger partial charge is 0.506 e. The second-order valence-electron chi connectivity index (χ2n) is 3.05. The molecule has 17 heavy (non-hydrogen) atoms. The Balaban J connectivity index is 3.35. The van der Waals surface area contributed by atoms with Gasteiger partial charge in [-0.2, -0.15) is 5.26 Å². The van der Waals surface area contributed by atoms with Crippen LogP contribution in [0.3, 0.4) is 0 Å². The molecule has 1 rings (SSSR count). The minimum absolute atomic E-state index is 0.335. The van der Waals surface area contributed by atoms with Gasteiger partial charge in [0.1, 0.15) is 17.5 Å².